The molecule has 0 aliphatic rings. The minimum absolute atomic E-state index is 0.0128. The van der Waals surface area contributed by atoms with Crippen LogP contribution in [0.15, 0.2) is 18.2 Å². The number of anilines is 1. The summed E-state index contributed by atoms with van der Waals surface area (Å²) in [4.78, 5) is 0. The fourth-order valence-electron chi connectivity index (χ4n) is 1.76. The largest absolute Gasteiger partial charge is 0.394 e. The van der Waals surface area contributed by atoms with Gasteiger partial charge >= 0.3 is 0 Å². The molecule has 0 radical (unpaired) electrons. The van der Waals surface area contributed by atoms with E-state index in [1.165, 1.54) is 0 Å². The number of hydrogen-bond donors (Lipinski definition) is 6. The lowest BCUT2D eigenvalue weighted by molar-refractivity contribution is -0.111. The third-order valence-electron chi connectivity index (χ3n) is 3.35. The molecular formula is C14H23NO5. The maximum absolute atomic E-state index is 9.75. The van der Waals surface area contributed by atoms with Crippen LogP contribution < -0.4 is 5.32 Å². The molecule has 0 amide bonds. The summed E-state index contributed by atoms with van der Waals surface area (Å²) < 4.78 is 0. The van der Waals surface area contributed by atoms with E-state index in [1.807, 2.05) is 32.0 Å². The number of hydrogen-bond acceptors (Lipinski definition) is 6. The maximum Gasteiger partial charge on any atom is 0.111 e. The van der Waals surface area contributed by atoms with Gasteiger partial charge in [0, 0.05) is 12.2 Å². The Bertz CT molecular complexity index is 426. The first-order chi connectivity index (χ1) is 9.36. The Hall–Kier alpha value is -1.18. The van der Waals surface area contributed by atoms with Crippen molar-refractivity contribution in [1.29, 1.82) is 0 Å². The highest BCUT2D eigenvalue weighted by atomic mass is 16.4. The Morgan fingerprint density at radius 2 is 1.55 bits per heavy atom. The average molecular weight is 285 g/mol. The van der Waals surface area contributed by atoms with Crippen LogP contribution in [0.5, 0.6) is 0 Å². The van der Waals surface area contributed by atoms with Gasteiger partial charge in [0.1, 0.15) is 18.3 Å². The number of aryl methyl sites for hydroxylation is 2. The molecule has 6 heteroatoms. The number of rotatable bonds is 7. The standard InChI is InChI=1S/C14H23NO5/c1-8-3-4-10(5-9(8)2)15-6-11(17)13(19)14(20)12(18)7-16/h3-5,11-20H,6-7H2,1-2H3/t11-,12+,13+,14+/m0/s1. The molecule has 114 valence electrons. The Balaban J connectivity index is 2.53. The van der Waals surface area contributed by atoms with Crippen LogP contribution in [0.1, 0.15) is 11.1 Å². The summed E-state index contributed by atoms with van der Waals surface area (Å²) in [7, 11) is 0. The van der Waals surface area contributed by atoms with E-state index >= 15 is 0 Å². The predicted octanol–water partition coefficient (Wildman–Crippen LogP) is -0.849. The highest BCUT2D eigenvalue weighted by Gasteiger charge is 2.29. The number of aliphatic hydroxyl groups excluding tert-OH is 5. The first-order valence-electron chi connectivity index (χ1n) is 6.51. The second-order valence-corrected chi connectivity index (χ2v) is 4.98. The predicted molar refractivity (Wildman–Crippen MR) is 75.5 cm³/mol. The Morgan fingerprint density at radius 1 is 0.950 bits per heavy atom. The van der Waals surface area contributed by atoms with Crippen molar-refractivity contribution in [2.45, 2.75) is 38.3 Å². The average Bonchev–Trinajstić information content (AvgIpc) is 2.45. The first kappa shape index (κ1) is 16.9. The minimum Gasteiger partial charge on any atom is -0.394 e. The normalized spacial score (nSPS) is 17.4. The van der Waals surface area contributed by atoms with Crippen molar-refractivity contribution in [2.75, 3.05) is 18.5 Å². The quantitative estimate of drug-likeness (QED) is 0.389. The van der Waals surface area contributed by atoms with Gasteiger partial charge in [0.25, 0.3) is 0 Å². The highest BCUT2D eigenvalue weighted by molar-refractivity contribution is 5.48. The van der Waals surface area contributed by atoms with Crippen LogP contribution in [0.3, 0.4) is 0 Å². The van der Waals surface area contributed by atoms with E-state index < -0.39 is 31.0 Å². The molecule has 0 unspecified atom stereocenters. The summed E-state index contributed by atoms with van der Waals surface area (Å²) in [6.07, 6.45) is -5.90. The molecule has 6 N–H and O–H groups in total. The lowest BCUT2D eigenvalue weighted by atomic mass is 10.0. The molecule has 0 aliphatic heterocycles. The molecule has 4 atom stereocenters. The lowest BCUT2D eigenvalue weighted by Crippen LogP contribution is -2.48. The van der Waals surface area contributed by atoms with Crippen molar-refractivity contribution >= 4 is 5.69 Å². The lowest BCUT2D eigenvalue weighted by Gasteiger charge is -2.26. The Kier molecular flexibility index (Phi) is 6.38. The van der Waals surface area contributed by atoms with Crippen LogP contribution in [0.2, 0.25) is 0 Å². The smallest absolute Gasteiger partial charge is 0.111 e. The van der Waals surface area contributed by atoms with Gasteiger partial charge in [0.2, 0.25) is 0 Å². The van der Waals surface area contributed by atoms with E-state index in [2.05, 4.69) is 5.32 Å². The van der Waals surface area contributed by atoms with Crippen LogP contribution in [-0.4, -0.2) is 63.1 Å². The third-order valence-corrected chi connectivity index (χ3v) is 3.35. The topological polar surface area (TPSA) is 113 Å². The Morgan fingerprint density at radius 3 is 2.10 bits per heavy atom. The van der Waals surface area contributed by atoms with E-state index in [1.54, 1.807) is 0 Å². The Labute approximate surface area is 118 Å². The van der Waals surface area contributed by atoms with Crippen molar-refractivity contribution in [3.63, 3.8) is 0 Å². The summed E-state index contributed by atoms with van der Waals surface area (Å²) in [6.45, 7) is 3.28. The molecule has 0 fully saturated rings. The molecule has 0 aliphatic carbocycles. The number of aliphatic hydroxyl groups is 5. The van der Waals surface area contributed by atoms with Crippen molar-refractivity contribution < 1.29 is 25.5 Å². The van der Waals surface area contributed by atoms with Crippen LogP contribution in [-0.2, 0) is 0 Å². The van der Waals surface area contributed by atoms with Gasteiger partial charge in [-0.15, -0.1) is 0 Å². The molecule has 1 aromatic rings. The van der Waals surface area contributed by atoms with Crippen LogP contribution in [0.25, 0.3) is 0 Å². The van der Waals surface area contributed by atoms with E-state index in [-0.39, 0.29) is 6.54 Å². The van der Waals surface area contributed by atoms with Gasteiger partial charge in [-0.05, 0) is 37.1 Å². The molecule has 0 spiro atoms. The molecule has 6 nitrogen and oxygen atoms in total. The molecule has 20 heavy (non-hydrogen) atoms. The molecule has 0 saturated carbocycles. The zero-order valence-electron chi connectivity index (χ0n) is 11.7. The molecule has 1 aromatic carbocycles. The van der Waals surface area contributed by atoms with E-state index in [4.69, 9.17) is 5.11 Å². The van der Waals surface area contributed by atoms with E-state index in [0.717, 1.165) is 16.8 Å². The monoisotopic (exact) mass is 285 g/mol. The second kappa shape index (κ2) is 7.56. The molecular weight excluding hydrogens is 262 g/mol. The van der Waals surface area contributed by atoms with Crippen LogP contribution >= 0.6 is 0 Å². The van der Waals surface area contributed by atoms with E-state index in [0.29, 0.717) is 0 Å². The molecule has 0 saturated heterocycles. The van der Waals surface area contributed by atoms with Gasteiger partial charge in [-0.1, -0.05) is 6.07 Å². The summed E-state index contributed by atoms with van der Waals surface area (Å²) in [5, 5.41) is 49.7. The van der Waals surface area contributed by atoms with Crippen LogP contribution in [0, 0.1) is 13.8 Å². The van der Waals surface area contributed by atoms with Crippen molar-refractivity contribution in [3.8, 4) is 0 Å². The zero-order valence-corrected chi connectivity index (χ0v) is 11.7. The molecule has 0 heterocycles. The van der Waals surface area contributed by atoms with Crippen molar-refractivity contribution in [2.24, 2.45) is 0 Å². The van der Waals surface area contributed by atoms with Gasteiger partial charge in [-0.25, -0.2) is 0 Å². The van der Waals surface area contributed by atoms with Gasteiger partial charge in [0.05, 0.1) is 12.7 Å². The summed E-state index contributed by atoms with van der Waals surface area (Å²) in [5.41, 5.74) is 3.04. The fourth-order valence-corrected chi connectivity index (χ4v) is 1.76. The van der Waals surface area contributed by atoms with Crippen LogP contribution in [0.4, 0.5) is 5.69 Å². The number of benzene rings is 1. The molecule has 1 rings (SSSR count). The first-order valence-corrected chi connectivity index (χ1v) is 6.51. The highest BCUT2D eigenvalue weighted by Crippen LogP contribution is 2.14. The molecule has 0 aromatic heterocycles. The van der Waals surface area contributed by atoms with Crippen molar-refractivity contribution in [1.82, 2.24) is 0 Å². The van der Waals surface area contributed by atoms with Gasteiger partial charge < -0.3 is 30.8 Å². The summed E-state index contributed by atoms with van der Waals surface area (Å²) >= 11 is 0. The van der Waals surface area contributed by atoms with Crippen molar-refractivity contribution in [3.05, 3.63) is 29.3 Å². The summed E-state index contributed by atoms with van der Waals surface area (Å²) in [6, 6.07) is 5.69. The van der Waals surface area contributed by atoms with E-state index in [9.17, 15) is 20.4 Å². The number of nitrogens with one attached hydrogen (secondary N) is 1. The molecule has 0 bridgehead atoms. The third kappa shape index (κ3) is 4.43. The second-order valence-electron chi connectivity index (χ2n) is 4.98. The van der Waals surface area contributed by atoms with Gasteiger partial charge in [0.15, 0.2) is 0 Å². The zero-order chi connectivity index (χ0) is 15.3. The SMILES string of the molecule is Cc1ccc(NC[C@H](O)[C@@H](O)[C@H](O)[C@H](O)CO)cc1C. The minimum atomic E-state index is -1.60. The summed E-state index contributed by atoms with van der Waals surface area (Å²) in [5.74, 6) is 0. The fraction of sp³-hybridized carbons (Fsp3) is 0.571. The maximum atomic E-state index is 9.75. The van der Waals surface area contributed by atoms with Gasteiger partial charge in [-0.3, -0.25) is 0 Å². The van der Waals surface area contributed by atoms with Gasteiger partial charge in [-0.2, -0.15) is 0 Å².